The van der Waals surface area contributed by atoms with Gasteiger partial charge in [-0.1, -0.05) is 12.5 Å². The summed E-state index contributed by atoms with van der Waals surface area (Å²) < 4.78 is 0. The second-order valence-corrected chi connectivity index (χ2v) is 8.00. The highest BCUT2D eigenvalue weighted by molar-refractivity contribution is 7.98. The summed E-state index contributed by atoms with van der Waals surface area (Å²) in [6.07, 6.45) is 8.32. The van der Waals surface area contributed by atoms with E-state index in [4.69, 9.17) is 5.73 Å². The Hall–Kier alpha value is -1.07. The molecule has 126 valence electrons. The summed E-state index contributed by atoms with van der Waals surface area (Å²) in [5.74, 6) is 3.13. The van der Waals surface area contributed by atoms with Crippen LogP contribution < -0.4 is 11.1 Å². The summed E-state index contributed by atoms with van der Waals surface area (Å²) >= 11 is 1.78. The summed E-state index contributed by atoms with van der Waals surface area (Å²) in [6, 6.07) is 6.67. The van der Waals surface area contributed by atoms with Gasteiger partial charge < -0.3 is 11.1 Å². The number of carbonyl (C=O) groups is 1. The fraction of sp³-hybridized carbons (Fsp3) is 0.667. The van der Waals surface area contributed by atoms with Crippen molar-refractivity contribution in [1.29, 1.82) is 0 Å². The van der Waals surface area contributed by atoms with Crippen molar-refractivity contribution in [2.24, 2.45) is 17.6 Å². The highest BCUT2D eigenvalue weighted by Crippen LogP contribution is 2.39. The molecule has 0 aromatic carbocycles. The van der Waals surface area contributed by atoms with E-state index < -0.39 is 0 Å². The molecule has 2 bridgehead atoms. The van der Waals surface area contributed by atoms with E-state index in [0.29, 0.717) is 30.3 Å². The molecule has 1 aromatic rings. The molecule has 3 N–H and O–H groups in total. The molecule has 2 atom stereocenters. The first-order valence-electron chi connectivity index (χ1n) is 8.75. The van der Waals surface area contributed by atoms with Crippen LogP contribution in [0.25, 0.3) is 0 Å². The van der Waals surface area contributed by atoms with Gasteiger partial charge in [-0.3, -0.25) is 9.78 Å². The second kappa shape index (κ2) is 8.15. The average Bonchev–Trinajstić information content (AvgIpc) is 2.53. The fourth-order valence-electron chi connectivity index (χ4n) is 4.11. The molecule has 3 rings (SSSR count). The van der Waals surface area contributed by atoms with Gasteiger partial charge in [0, 0.05) is 36.2 Å². The van der Waals surface area contributed by atoms with Gasteiger partial charge in [0.1, 0.15) is 0 Å². The number of pyridine rings is 1. The van der Waals surface area contributed by atoms with Gasteiger partial charge in [-0.25, -0.2) is 0 Å². The SMILES string of the molecule is NC1CC2CCCC(C1)C2NC(=O)CCSCc1ccccn1. The minimum Gasteiger partial charge on any atom is -0.353 e. The van der Waals surface area contributed by atoms with Crippen molar-refractivity contribution >= 4 is 17.7 Å². The van der Waals surface area contributed by atoms with Gasteiger partial charge >= 0.3 is 0 Å². The van der Waals surface area contributed by atoms with Crippen molar-refractivity contribution in [3.8, 4) is 0 Å². The maximum absolute atomic E-state index is 12.3. The molecule has 23 heavy (non-hydrogen) atoms. The Morgan fingerprint density at radius 1 is 1.30 bits per heavy atom. The van der Waals surface area contributed by atoms with Crippen LogP contribution in [0.15, 0.2) is 24.4 Å². The molecule has 2 fully saturated rings. The maximum atomic E-state index is 12.3. The van der Waals surface area contributed by atoms with E-state index in [1.54, 1.807) is 11.8 Å². The Morgan fingerprint density at radius 2 is 2.09 bits per heavy atom. The van der Waals surface area contributed by atoms with Crippen molar-refractivity contribution in [3.05, 3.63) is 30.1 Å². The van der Waals surface area contributed by atoms with Gasteiger partial charge in [-0.15, -0.1) is 0 Å². The topological polar surface area (TPSA) is 68.0 Å². The first-order valence-corrected chi connectivity index (χ1v) is 9.90. The summed E-state index contributed by atoms with van der Waals surface area (Å²) in [6.45, 7) is 0. The van der Waals surface area contributed by atoms with Gasteiger partial charge in [-0.05, 0) is 49.7 Å². The van der Waals surface area contributed by atoms with Crippen LogP contribution in [0.4, 0.5) is 0 Å². The Balaban J connectivity index is 1.39. The zero-order valence-electron chi connectivity index (χ0n) is 13.6. The largest absolute Gasteiger partial charge is 0.353 e. The molecule has 0 aliphatic heterocycles. The van der Waals surface area contributed by atoms with E-state index in [9.17, 15) is 4.79 Å². The monoisotopic (exact) mass is 333 g/mol. The lowest BCUT2D eigenvalue weighted by molar-refractivity contribution is -0.123. The van der Waals surface area contributed by atoms with E-state index in [1.807, 2.05) is 24.4 Å². The van der Waals surface area contributed by atoms with Crippen molar-refractivity contribution in [2.45, 2.75) is 56.4 Å². The average molecular weight is 334 g/mol. The lowest BCUT2D eigenvalue weighted by Gasteiger charge is -2.45. The molecule has 1 amide bonds. The van der Waals surface area contributed by atoms with Crippen molar-refractivity contribution in [1.82, 2.24) is 10.3 Å². The minimum absolute atomic E-state index is 0.205. The number of nitrogens with two attached hydrogens (primary N) is 1. The molecule has 2 aliphatic carbocycles. The maximum Gasteiger partial charge on any atom is 0.221 e. The normalized spacial score (nSPS) is 30.0. The molecule has 2 unspecified atom stereocenters. The molecule has 0 saturated heterocycles. The molecule has 2 saturated carbocycles. The first kappa shape index (κ1) is 16.8. The predicted molar refractivity (Wildman–Crippen MR) is 95.0 cm³/mol. The third-order valence-electron chi connectivity index (χ3n) is 5.15. The molecule has 2 aliphatic rings. The van der Waals surface area contributed by atoms with E-state index >= 15 is 0 Å². The van der Waals surface area contributed by atoms with Crippen LogP contribution in [0, 0.1) is 11.8 Å². The smallest absolute Gasteiger partial charge is 0.221 e. The van der Waals surface area contributed by atoms with Crippen LogP contribution in [-0.2, 0) is 10.5 Å². The standard InChI is InChI=1S/C18H27N3OS/c19-15-10-13-4-3-5-14(11-15)18(13)21-17(22)7-9-23-12-16-6-1-2-8-20-16/h1-2,6,8,13-15,18H,3-5,7,9-12,19H2,(H,21,22). The molecule has 0 spiro atoms. The van der Waals surface area contributed by atoms with Crippen LogP contribution in [0.1, 0.15) is 44.2 Å². The van der Waals surface area contributed by atoms with Crippen LogP contribution in [0.3, 0.4) is 0 Å². The number of nitrogens with one attached hydrogen (secondary N) is 1. The van der Waals surface area contributed by atoms with Gasteiger partial charge in [-0.2, -0.15) is 11.8 Å². The van der Waals surface area contributed by atoms with Crippen LogP contribution in [-0.4, -0.2) is 28.7 Å². The van der Waals surface area contributed by atoms with E-state index in [0.717, 1.165) is 30.0 Å². The number of hydrogen-bond acceptors (Lipinski definition) is 4. The highest BCUT2D eigenvalue weighted by atomic mass is 32.2. The van der Waals surface area contributed by atoms with Gasteiger partial charge in [0.2, 0.25) is 5.91 Å². The highest BCUT2D eigenvalue weighted by Gasteiger charge is 2.39. The number of thioether (sulfide) groups is 1. The van der Waals surface area contributed by atoms with Gasteiger partial charge in [0.05, 0.1) is 5.69 Å². The molecular weight excluding hydrogens is 306 g/mol. The summed E-state index contributed by atoms with van der Waals surface area (Å²) in [4.78, 5) is 16.6. The summed E-state index contributed by atoms with van der Waals surface area (Å²) in [7, 11) is 0. The number of amides is 1. The summed E-state index contributed by atoms with van der Waals surface area (Å²) in [5, 5.41) is 3.32. The zero-order valence-corrected chi connectivity index (χ0v) is 14.4. The van der Waals surface area contributed by atoms with E-state index in [2.05, 4.69) is 10.3 Å². The molecule has 5 heteroatoms. The van der Waals surface area contributed by atoms with E-state index in [1.165, 1.54) is 19.3 Å². The molecule has 0 radical (unpaired) electrons. The number of nitrogens with zero attached hydrogens (tertiary/aromatic N) is 1. The third-order valence-corrected chi connectivity index (χ3v) is 6.15. The minimum atomic E-state index is 0.205. The number of rotatable bonds is 6. The van der Waals surface area contributed by atoms with Crippen LogP contribution >= 0.6 is 11.8 Å². The number of carbonyl (C=O) groups excluding carboxylic acids is 1. The Labute approximate surface area is 143 Å². The number of hydrogen-bond donors (Lipinski definition) is 2. The summed E-state index contributed by atoms with van der Waals surface area (Å²) in [5.41, 5.74) is 7.23. The third kappa shape index (κ3) is 4.70. The Bertz CT molecular complexity index is 496. The Morgan fingerprint density at radius 3 is 2.78 bits per heavy atom. The number of aromatic nitrogens is 1. The Kier molecular flexibility index (Phi) is 5.95. The second-order valence-electron chi connectivity index (χ2n) is 6.90. The van der Waals surface area contributed by atoms with Crippen LogP contribution in [0.5, 0.6) is 0 Å². The fourth-order valence-corrected chi connectivity index (χ4v) is 4.96. The molecule has 4 nitrogen and oxygen atoms in total. The lowest BCUT2D eigenvalue weighted by Crippen LogP contribution is -2.53. The molecular formula is C18H27N3OS. The molecule has 1 aromatic heterocycles. The van der Waals surface area contributed by atoms with Crippen molar-refractivity contribution in [3.63, 3.8) is 0 Å². The number of fused-ring (bicyclic) bond motifs is 2. The van der Waals surface area contributed by atoms with Crippen molar-refractivity contribution in [2.75, 3.05) is 5.75 Å². The van der Waals surface area contributed by atoms with Crippen LogP contribution in [0.2, 0.25) is 0 Å². The zero-order chi connectivity index (χ0) is 16.1. The van der Waals surface area contributed by atoms with E-state index in [-0.39, 0.29) is 5.91 Å². The molecule has 1 heterocycles. The lowest BCUT2D eigenvalue weighted by atomic mass is 9.67. The van der Waals surface area contributed by atoms with Crippen molar-refractivity contribution < 1.29 is 4.79 Å². The van der Waals surface area contributed by atoms with Gasteiger partial charge in [0.25, 0.3) is 0 Å². The quantitative estimate of drug-likeness (QED) is 0.786. The predicted octanol–water partition coefficient (Wildman–Crippen LogP) is 2.73. The first-order chi connectivity index (χ1) is 11.2. The van der Waals surface area contributed by atoms with Gasteiger partial charge in [0.15, 0.2) is 0 Å².